The van der Waals surface area contributed by atoms with E-state index in [1.54, 1.807) is 14.2 Å². The van der Waals surface area contributed by atoms with Gasteiger partial charge in [-0.2, -0.15) is 4.98 Å². The van der Waals surface area contributed by atoms with E-state index in [0.29, 0.717) is 24.7 Å². The van der Waals surface area contributed by atoms with Gasteiger partial charge >= 0.3 is 0 Å². The third-order valence-electron chi connectivity index (χ3n) is 3.88. The Labute approximate surface area is 127 Å². The standard InChI is InChI=1S/C15H29N3O3/c1-6-9-16-12(11-19-4)10-13-17-14(18-21-13)15(7-2,8-3)20-5/h12,16H,6-11H2,1-5H3. The maximum Gasteiger partial charge on any atom is 0.228 e. The molecule has 1 heterocycles. The number of methoxy groups -OCH3 is 2. The van der Waals surface area contributed by atoms with Crippen LogP contribution in [0.25, 0.3) is 0 Å². The van der Waals surface area contributed by atoms with Crippen molar-refractivity contribution in [3.8, 4) is 0 Å². The first-order valence-corrected chi connectivity index (χ1v) is 7.76. The molecule has 0 saturated carbocycles. The van der Waals surface area contributed by atoms with Gasteiger partial charge in [0.1, 0.15) is 5.60 Å². The fourth-order valence-corrected chi connectivity index (χ4v) is 2.42. The van der Waals surface area contributed by atoms with Crippen LogP contribution in [0.2, 0.25) is 0 Å². The molecule has 1 rings (SSSR count). The molecule has 0 amide bonds. The number of hydrogen-bond donors (Lipinski definition) is 1. The molecule has 21 heavy (non-hydrogen) atoms. The van der Waals surface area contributed by atoms with Gasteiger partial charge in [-0.3, -0.25) is 0 Å². The van der Waals surface area contributed by atoms with E-state index in [-0.39, 0.29) is 6.04 Å². The van der Waals surface area contributed by atoms with Gasteiger partial charge in [0, 0.05) is 26.7 Å². The molecule has 0 bridgehead atoms. The molecule has 0 aliphatic rings. The fourth-order valence-electron chi connectivity index (χ4n) is 2.42. The van der Waals surface area contributed by atoms with Crippen LogP contribution in [0.4, 0.5) is 0 Å². The smallest absolute Gasteiger partial charge is 0.228 e. The SMILES string of the molecule is CCCNC(COC)Cc1nc(C(CC)(CC)OC)no1. The van der Waals surface area contributed by atoms with E-state index >= 15 is 0 Å². The summed E-state index contributed by atoms with van der Waals surface area (Å²) in [4.78, 5) is 4.53. The Hall–Kier alpha value is -0.980. The molecule has 1 unspecified atom stereocenters. The normalized spacial score (nSPS) is 13.6. The minimum atomic E-state index is -0.449. The van der Waals surface area contributed by atoms with Crippen molar-refractivity contribution in [3.05, 3.63) is 11.7 Å². The summed E-state index contributed by atoms with van der Waals surface area (Å²) in [5.74, 6) is 1.26. The molecule has 0 radical (unpaired) electrons. The first-order valence-electron chi connectivity index (χ1n) is 7.76. The Morgan fingerprint density at radius 1 is 1.24 bits per heavy atom. The first kappa shape index (κ1) is 18.1. The van der Waals surface area contributed by atoms with Crippen LogP contribution >= 0.6 is 0 Å². The van der Waals surface area contributed by atoms with E-state index in [2.05, 4.69) is 36.2 Å². The molecule has 0 aromatic carbocycles. The molecule has 6 nitrogen and oxygen atoms in total. The highest BCUT2D eigenvalue weighted by Gasteiger charge is 2.33. The van der Waals surface area contributed by atoms with Crippen LogP contribution in [0.15, 0.2) is 4.52 Å². The summed E-state index contributed by atoms with van der Waals surface area (Å²) >= 11 is 0. The van der Waals surface area contributed by atoms with E-state index in [9.17, 15) is 0 Å². The molecular formula is C15H29N3O3. The average Bonchev–Trinajstić information content (AvgIpc) is 2.96. The molecule has 1 N–H and O–H groups in total. The minimum Gasteiger partial charge on any atom is -0.383 e. The highest BCUT2D eigenvalue weighted by atomic mass is 16.5. The second kappa shape index (κ2) is 9.12. The summed E-state index contributed by atoms with van der Waals surface area (Å²) in [5, 5.41) is 7.54. The highest BCUT2D eigenvalue weighted by molar-refractivity contribution is 5.01. The topological polar surface area (TPSA) is 69.4 Å². The molecule has 0 aliphatic heterocycles. The van der Waals surface area contributed by atoms with Gasteiger partial charge < -0.3 is 19.3 Å². The molecule has 122 valence electrons. The fraction of sp³-hybridized carbons (Fsp3) is 0.867. The van der Waals surface area contributed by atoms with Gasteiger partial charge in [0.05, 0.1) is 6.61 Å². The Kier molecular flexibility index (Phi) is 7.85. The van der Waals surface area contributed by atoms with Gasteiger partial charge in [0.15, 0.2) is 0 Å². The maximum absolute atomic E-state index is 5.63. The monoisotopic (exact) mass is 299 g/mol. The van der Waals surface area contributed by atoms with Crippen LogP contribution in [0.3, 0.4) is 0 Å². The van der Waals surface area contributed by atoms with Crippen molar-refractivity contribution >= 4 is 0 Å². The van der Waals surface area contributed by atoms with Gasteiger partial charge in [0.2, 0.25) is 11.7 Å². The molecule has 1 aromatic heterocycles. The van der Waals surface area contributed by atoms with Crippen molar-refractivity contribution < 1.29 is 14.0 Å². The van der Waals surface area contributed by atoms with Crippen molar-refractivity contribution in [3.63, 3.8) is 0 Å². The Balaban J connectivity index is 2.76. The lowest BCUT2D eigenvalue weighted by Crippen LogP contribution is -2.35. The lowest BCUT2D eigenvalue weighted by Gasteiger charge is -2.25. The Bertz CT molecular complexity index is 383. The lowest BCUT2D eigenvalue weighted by atomic mass is 9.96. The van der Waals surface area contributed by atoms with Gasteiger partial charge in [0.25, 0.3) is 0 Å². The highest BCUT2D eigenvalue weighted by Crippen LogP contribution is 2.30. The van der Waals surface area contributed by atoms with Gasteiger partial charge in [-0.1, -0.05) is 25.9 Å². The summed E-state index contributed by atoms with van der Waals surface area (Å²) in [6, 6.07) is 0.184. The summed E-state index contributed by atoms with van der Waals surface area (Å²) in [6.45, 7) is 7.84. The number of nitrogens with one attached hydrogen (secondary N) is 1. The van der Waals surface area contributed by atoms with E-state index in [4.69, 9.17) is 14.0 Å². The van der Waals surface area contributed by atoms with Crippen LogP contribution < -0.4 is 5.32 Å². The minimum absolute atomic E-state index is 0.184. The van der Waals surface area contributed by atoms with Crippen molar-refractivity contribution in [2.45, 2.75) is 58.1 Å². The zero-order valence-corrected chi connectivity index (χ0v) is 13.9. The summed E-state index contributed by atoms with van der Waals surface area (Å²) in [6.07, 6.45) is 3.37. The van der Waals surface area contributed by atoms with E-state index < -0.39 is 5.60 Å². The maximum atomic E-state index is 5.63. The number of aromatic nitrogens is 2. The van der Waals surface area contributed by atoms with Gasteiger partial charge in [-0.25, -0.2) is 0 Å². The lowest BCUT2D eigenvalue weighted by molar-refractivity contribution is -0.0306. The predicted octanol–water partition coefficient (Wildman–Crippen LogP) is 2.29. The second-order valence-electron chi connectivity index (χ2n) is 5.23. The first-order chi connectivity index (χ1) is 10.2. The molecule has 1 aromatic rings. The van der Waals surface area contributed by atoms with Gasteiger partial charge in [-0.05, 0) is 25.8 Å². The molecule has 0 fully saturated rings. The molecule has 0 spiro atoms. The molecular weight excluding hydrogens is 270 g/mol. The van der Waals surface area contributed by atoms with Crippen LogP contribution in [-0.2, 0) is 21.5 Å². The molecule has 0 saturated heterocycles. The number of nitrogens with zero attached hydrogens (tertiary/aromatic N) is 2. The number of hydrogen-bond acceptors (Lipinski definition) is 6. The van der Waals surface area contributed by atoms with Crippen molar-refractivity contribution in [2.24, 2.45) is 0 Å². The summed E-state index contributed by atoms with van der Waals surface area (Å²) in [5.41, 5.74) is -0.449. The van der Waals surface area contributed by atoms with Crippen LogP contribution in [0.5, 0.6) is 0 Å². The largest absolute Gasteiger partial charge is 0.383 e. The zero-order valence-electron chi connectivity index (χ0n) is 13.9. The third kappa shape index (κ3) is 4.76. The number of ether oxygens (including phenoxy) is 2. The Morgan fingerprint density at radius 3 is 2.48 bits per heavy atom. The third-order valence-corrected chi connectivity index (χ3v) is 3.88. The zero-order chi connectivity index (χ0) is 15.7. The van der Waals surface area contributed by atoms with E-state index in [0.717, 1.165) is 25.8 Å². The van der Waals surface area contributed by atoms with Crippen LogP contribution in [0.1, 0.15) is 51.7 Å². The average molecular weight is 299 g/mol. The molecule has 1 atom stereocenters. The van der Waals surface area contributed by atoms with E-state index in [1.165, 1.54) is 0 Å². The van der Waals surface area contributed by atoms with Gasteiger partial charge in [-0.15, -0.1) is 0 Å². The summed E-state index contributed by atoms with van der Waals surface area (Å²) < 4.78 is 16.3. The molecule has 6 heteroatoms. The Morgan fingerprint density at radius 2 is 1.95 bits per heavy atom. The van der Waals surface area contributed by atoms with Crippen molar-refractivity contribution in [2.75, 3.05) is 27.4 Å². The molecule has 0 aliphatic carbocycles. The quantitative estimate of drug-likeness (QED) is 0.676. The summed E-state index contributed by atoms with van der Waals surface area (Å²) in [7, 11) is 3.39. The van der Waals surface area contributed by atoms with Crippen LogP contribution in [0, 0.1) is 0 Å². The van der Waals surface area contributed by atoms with Crippen molar-refractivity contribution in [1.29, 1.82) is 0 Å². The predicted molar refractivity (Wildman–Crippen MR) is 81.2 cm³/mol. The number of rotatable bonds is 11. The second-order valence-corrected chi connectivity index (χ2v) is 5.23. The van der Waals surface area contributed by atoms with Crippen LogP contribution in [-0.4, -0.2) is 43.6 Å². The van der Waals surface area contributed by atoms with E-state index in [1.807, 2.05) is 0 Å². The van der Waals surface area contributed by atoms with Crippen molar-refractivity contribution in [1.82, 2.24) is 15.5 Å².